The average Bonchev–Trinajstić information content (AvgIpc) is 3.13. The van der Waals surface area contributed by atoms with Gasteiger partial charge >= 0.3 is 12.1 Å². The Morgan fingerprint density at radius 2 is 1.79 bits per heavy atom. The maximum absolute atomic E-state index is 12.6. The van der Waals surface area contributed by atoms with Gasteiger partial charge in [0.05, 0.1) is 11.1 Å². The first-order chi connectivity index (χ1) is 13.1. The number of alkyl halides is 3. The molecule has 0 unspecified atom stereocenters. The van der Waals surface area contributed by atoms with E-state index in [9.17, 15) is 22.8 Å². The molecule has 0 saturated carbocycles. The molecule has 0 aliphatic heterocycles. The van der Waals surface area contributed by atoms with Crippen LogP contribution in [0.15, 0.2) is 53.1 Å². The standard InChI is InChI=1S/C19H13F3N2O4/c1-10-2-3-12(18(26)27)8-14(10)23-16(25)15-9-28-17(24-15)11-4-6-13(7-5-11)19(20,21)22/h2-9H,1H3,(H,23,25)(H,26,27). The van der Waals surface area contributed by atoms with Crippen LogP contribution in [0.2, 0.25) is 0 Å². The van der Waals surface area contributed by atoms with Gasteiger partial charge in [-0.15, -0.1) is 0 Å². The number of carbonyl (C=O) groups is 2. The molecule has 0 spiro atoms. The third kappa shape index (κ3) is 4.03. The summed E-state index contributed by atoms with van der Waals surface area (Å²) in [6.07, 6.45) is -3.39. The Hall–Kier alpha value is -3.62. The molecule has 1 amide bonds. The van der Waals surface area contributed by atoms with E-state index < -0.39 is 23.6 Å². The van der Waals surface area contributed by atoms with E-state index in [1.54, 1.807) is 13.0 Å². The lowest BCUT2D eigenvalue weighted by atomic mass is 10.1. The van der Waals surface area contributed by atoms with Gasteiger partial charge in [-0.25, -0.2) is 9.78 Å². The van der Waals surface area contributed by atoms with Crippen molar-refractivity contribution in [1.82, 2.24) is 4.98 Å². The van der Waals surface area contributed by atoms with Crippen molar-refractivity contribution in [2.24, 2.45) is 0 Å². The van der Waals surface area contributed by atoms with Gasteiger partial charge in [-0.05, 0) is 48.9 Å². The summed E-state index contributed by atoms with van der Waals surface area (Å²) < 4.78 is 43.0. The van der Waals surface area contributed by atoms with Gasteiger partial charge in [0.2, 0.25) is 5.89 Å². The van der Waals surface area contributed by atoms with Gasteiger partial charge < -0.3 is 14.8 Å². The van der Waals surface area contributed by atoms with Crippen LogP contribution in [0.3, 0.4) is 0 Å². The minimum absolute atomic E-state index is 0.00602. The van der Waals surface area contributed by atoms with Crippen molar-refractivity contribution in [3.8, 4) is 11.5 Å². The maximum atomic E-state index is 12.6. The van der Waals surface area contributed by atoms with Crippen LogP contribution in [0.1, 0.15) is 32.0 Å². The molecule has 144 valence electrons. The lowest BCUT2D eigenvalue weighted by Gasteiger charge is -2.08. The summed E-state index contributed by atoms with van der Waals surface area (Å²) in [4.78, 5) is 27.4. The number of hydrogen-bond acceptors (Lipinski definition) is 4. The van der Waals surface area contributed by atoms with Crippen LogP contribution in [-0.2, 0) is 6.18 Å². The van der Waals surface area contributed by atoms with E-state index in [0.29, 0.717) is 11.3 Å². The second-order valence-electron chi connectivity index (χ2n) is 5.90. The number of halogens is 3. The summed E-state index contributed by atoms with van der Waals surface area (Å²) in [6, 6.07) is 8.43. The summed E-state index contributed by atoms with van der Waals surface area (Å²) in [5, 5.41) is 11.6. The minimum atomic E-state index is -4.46. The fraction of sp³-hybridized carbons (Fsp3) is 0.105. The number of anilines is 1. The molecule has 6 nitrogen and oxygen atoms in total. The van der Waals surface area contributed by atoms with Gasteiger partial charge in [0.15, 0.2) is 5.69 Å². The van der Waals surface area contributed by atoms with Crippen molar-refractivity contribution >= 4 is 17.6 Å². The highest BCUT2D eigenvalue weighted by molar-refractivity contribution is 6.04. The molecule has 0 fully saturated rings. The molecule has 28 heavy (non-hydrogen) atoms. The first-order valence-corrected chi connectivity index (χ1v) is 7.93. The summed E-state index contributed by atoms with van der Waals surface area (Å²) in [5.41, 5.74) is 0.306. The Labute approximate surface area is 156 Å². The van der Waals surface area contributed by atoms with Crippen LogP contribution in [0, 0.1) is 6.92 Å². The molecule has 0 saturated heterocycles. The average molecular weight is 390 g/mol. The van der Waals surface area contributed by atoms with E-state index in [-0.39, 0.29) is 22.7 Å². The first kappa shape index (κ1) is 19.2. The summed E-state index contributed by atoms with van der Waals surface area (Å²) in [6.45, 7) is 1.69. The predicted molar refractivity (Wildman–Crippen MR) is 93.0 cm³/mol. The zero-order chi connectivity index (χ0) is 20.5. The normalized spacial score (nSPS) is 11.3. The Morgan fingerprint density at radius 1 is 1.11 bits per heavy atom. The lowest BCUT2D eigenvalue weighted by Crippen LogP contribution is -2.14. The number of amides is 1. The van der Waals surface area contributed by atoms with Crippen LogP contribution in [0.5, 0.6) is 0 Å². The lowest BCUT2D eigenvalue weighted by molar-refractivity contribution is -0.137. The molecule has 3 aromatic rings. The topological polar surface area (TPSA) is 92.4 Å². The number of nitrogens with one attached hydrogen (secondary N) is 1. The largest absolute Gasteiger partial charge is 0.478 e. The molecule has 9 heteroatoms. The van der Waals surface area contributed by atoms with Crippen LogP contribution in [0.25, 0.3) is 11.5 Å². The highest BCUT2D eigenvalue weighted by Crippen LogP contribution is 2.30. The molecule has 0 aliphatic carbocycles. The Morgan fingerprint density at radius 3 is 2.39 bits per heavy atom. The smallest absolute Gasteiger partial charge is 0.416 e. The number of hydrogen-bond donors (Lipinski definition) is 2. The van der Waals surface area contributed by atoms with Crippen LogP contribution in [-0.4, -0.2) is 22.0 Å². The van der Waals surface area contributed by atoms with E-state index in [1.165, 1.54) is 24.3 Å². The molecule has 0 bridgehead atoms. The Kier molecular flexibility index (Phi) is 4.91. The van der Waals surface area contributed by atoms with Gasteiger partial charge in [0.25, 0.3) is 5.91 Å². The molecule has 0 radical (unpaired) electrons. The number of nitrogens with zero attached hydrogens (tertiary/aromatic N) is 1. The maximum Gasteiger partial charge on any atom is 0.416 e. The second-order valence-corrected chi connectivity index (χ2v) is 5.90. The fourth-order valence-electron chi connectivity index (χ4n) is 2.39. The van der Waals surface area contributed by atoms with Crippen LogP contribution in [0.4, 0.5) is 18.9 Å². The molecule has 0 atom stereocenters. The SMILES string of the molecule is Cc1ccc(C(=O)O)cc1NC(=O)c1coc(-c2ccc(C(F)(F)F)cc2)n1. The summed E-state index contributed by atoms with van der Waals surface area (Å²) >= 11 is 0. The van der Waals surface area contributed by atoms with Crippen LogP contribution >= 0.6 is 0 Å². The highest BCUT2D eigenvalue weighted by atomic mass is 19.4. The molecule has 0 aliphatic rings. The molecular formula is C19H13F3N2O4. The molecule has 1 heterocycles. The second kappa shape index (κ2) is 7.18. The van der Waals surface area contributed by atoms with Crippen LogP contribution < -0.4 is 5.32 Å². The zero-order valence-corrected chi connectivity index (χ0v) is 14.4. The predicted octanol–water partition coefficient (Wildman–Crippen LogP) is 4.62. The number of carboxylic acid groups (broad SMARTS) is 1. The fourth-order valence-corrected chi connectivity index (χ4v) is 2.39. The quantitative estimate of drug-likeness (QED) is 0.678. The highest BCUT2D eigenvalue weighted by Gasteiger charge is 2.30. The number of aryl methyl sites for hydroxylation is 1. The van der Waals surface area contributed by atoms with Gasteiger partial charge in [-0.1, -0.05) is 6.07 Å². The van der Waals surface area contributed by atoms with E-state index in [1.807, 2.05) is 0 Å². The molecule has 2 N–H and O–H groups in total. The van der Waals surface area contributed by atoms with Crippen molar-refractivity contribution in [2.75, 3.05) is 5.32 Å². The third-order valence-electron chi connectivity index (χ3n) is 3.93. The van der Waals surface area contributed by atoms with Crippen molar-refractivity contribution in [2.45, 2.75) is 13.1 Å². The number of rotatable bonds is 4. The summed E-state index contributed by atoms with van der Waals surface area (Å²) in [7, 11) is 0. The van der Waals surface area contributed by atoms with Crippen molar-refractivity contribution in [3.05, 3.63) is 71.1 Å². The first-order valence-electron chi connectivity index (χ1n) is 7.93. The van der Waals surface area contributed by atoms with E-state index in [4.69, 9.17) is 9.52 Å². The number of aromatic nitrogens is 1. The van der Waals surface area contributed by atoms with Crippen molar-refractivity contribution < 1.29 is 32.3 Å². The van der Waals surface area contributed by atoms with Gasteiger partial charge in [0, 0.05) is 11.3 Å². The number of aromatic carboxylic acids is 1. The third-order valence-corrected chi connectivity index (χ3v) is 3.93. The monoisotopic (exact) mass is 390 g/mol. The molecule has 2 aromatic carbocycles. The Bertz CT molecular complexity index is 1040. The molecule has 3 rings (SSSR count). The summed E-state index contributed by atoms with van der Waals surface area (Å²) in [5.74, 6) is -1.80. The molecular weight excluding hydrogens is 377 g/mol. The van der Waals surface area contributed by atoms with Gasteiger partial charge in [0.1, 0.15) is 6.26 Å². The molecule has 1 aromatic heterocycles. The van der Waals surface area contributed by atoms with E-state index in [2.05, 4.69) is 10.3 Å². The number of oxazole rings is 1. The number of benzene rings is 2. The Balaban J connectivity index is 1.79. The van der Waals surface area contributed by atoms with Gasteiger partial charge in [-0.2, -0.15) is 13.2 Å². The van der Waals surface area contributed by atoms with Gasteiger partial charge in [-0.3, -0.25) is 4.79 Å². The number of carboxylic acids is 1. The minimum Gasteiger partial charge on any atom is -0.478 e. The van der Waals surface area contributed by atoms with E-state index in [0.717, 1.165) is 18.4 Å². The zero-order valence-electron chi connectivity index (χ0n) is 14.4. The number of carbonyl (C=O) groups excluding carboxylic acids is 1. The van der Waals surface area contributed by atoms with E-state index >= 15 is 0 Å². The van der Waals surface area contributed by atoms with Crippen molar-refractivity contribution in [1.29, 1.82) is 0 Å². The van der Waals surface area contributed by atoms with Crippen molar-refractivity contribution in [3.63, 3.8) is 0 Å².